The van der Waals surface area contributed by atoms with E-state index in [0.29, 0.717) is 18.7 Å². The fourth-order valence-electron chi connectivity index (χ4n) is 2.68. The molecule has 0 radical (unpaired) electrons. The minimum atomic E-state index is -3.32. The minimum Gasteiger partial charge on any atom is -0.479 e. The van der Waals surface area contributed by atoms with Gasteiger partial charge in [0.2, 0.25) is 15.9 Å². The summed E-state index contributed by atoms with van der Waals surface area (Å²) in [5.74, 6) is -1.72. The molecule has 0 spiro atoms. The number of carboxylic acid groups (broad SMARTS) is 1. The number of sulfonamides is 1. The third kappa shape index (κ3) is 5.04. The van der Waals surface area contributed by atoms with Crippen LogP contribution in [0.3, 0.4) is 0 Å². The summed E-state index contributed by atoms with van der Waals surface area (Å²) in [5.41, 5.74) is 0.475. The van der Waals surface area contributed by atoms with Gasteiger partial charge in [-0.1, -0.05) is 30.3 Å². The molecule has 2 N–H and O–H groups in total. The lowest BCUT2D eigenvalue weighted by Gasteiger charge is -2.16. The summed E-state index contributed by atoms with van der Waals surface area (Å²) < 4.78 is 25.6. The van der Waals surface area contributed by atoms with E-state index in [4.69, 9.17) is 0 Å². The molecule has 1 heterocycles. The van der Waals surface area contributed by atoms with Crippen LogP contribution in [0.1, 0.15) is 37.3 Å². The van der Waals surface area contributed by atoms with Crippen LogP contribution in [0.2, 0.25) is 0 Å². The number of benzene rings is 1. The van der Waals surface area contributed by atoms with Gasteiger partial charge in [0, 0.05) is 19.5 Å². The van der Waals surface area contributed by atoms with E-state index in [1.165, 1.54) is 4.31 Å². The fraction of sp³-hybridized carbons (Fsp3) is 0.500. The van der Waals surface area contributed by atoms with Crippen molar-refractivity contribution in [1.82, 2.24) is 9.62 Å². The van der Waals surface area contributed by atoms with E-state index in [1.807, 2.05) is 0 Å². The van der Waals surface area contributed by atoms with Crippen molar-refractivity contribution in [3.63, 3.8) is 0 Å². The summed E-state index contributed by atoms with van der Waals surface area (Å²) >= 11 is 0. The van der Waals surface area contributed by atoms with Gasteiger partial charge in [-0.2, -0.15) is 0 Å². The smallest absolute Gasteiger partial charge is 0.330 e. The zero-order valence-electron chi connectivity index (χ0n) is 13.3. The molecule has 0 unspecified atom stereocenters. The van der Waals surface area contributed by atoms with Crippen LogP contribution in [0.5, 0.6) is 0 Å². The summed E-state index contributed by atoms with van der Waals surface area (Å²) in [6.45, 7) is 1.09. The highest BCUT2D eigenvalue weighted by Crippen LogP contribution is 2.15. The lowest BCUT2D eigenvalue weighted by Crippen LogP contribution is -2.34. The highest BCUT2D eigenvalue weighted by Gasteiger charge is 2.26. The van der Waals surface area contributed by atoms with Gasteiger partial charge in [0.15, 0.2) is 6.04 Å². The van der Waals surface area contributed by atoms with Crippen LogP contribution in [-0.2, 0) is 19.6 Å². The van der Waals surface area contributed by atoms with Crippen molar-refractivity contribution in [3.8, 4) is 0 Å². The first-order chi connectivity index (χ1) is 11.4. The molecule has 8 heteroatoms. The molecule has 1 aromatic carbocycles. The molecule has 0 bridgehead atoms. The molecule has 1 fully saturated rings. The molecule has 2 rings (SSSR count). The van der Waals surface area contributed by atoms with E-state index >= 15 is 0 Å². The van der Waals surface area contributed by atoms with Gasteiger partial charge in [0.1, 0.15) is 0 Å². The van der Waals surface area contributed by atoms with Crippen LogP contribution in [0, 0.1) is 0 Å². The summed E-state index contributed by atoms with van der Waals surface area (Å²) in [5, 5.41) is 11.7. The maximum Gasteiger partial charge on any atom is 0.330 e. The Morgan fingerprint density at radius 2 is 1.79 bits per heavy atom. The van der Waals surface area contributed by atoms with E-state index in [9.17, 15) is 23.1 Å². The number of aliphatic carboxylic acids is 1. The number of hydrogen-bond acceptors (Lipinski definition) is 4. The van der Waals surface area contributed by atoms with Crippen LogP contribution in [0.15, 0.2) is 30.3 Å². The van der Waals surface area contributed by atoms with Crippen molar-refractivity contribution in [2.75, 3.05) is 18.8 Å². The average Bonchev–Trinajstić information content (AvgIpc) is 3.08. The number of rotatable bonds is 8. The molecule has 1 aliphatic heterocycles. The predicted octanol–water partition coefficient (Wildman–Crippen LogP) is 1.13. The van der Waals surface area contributed by atoms with Crippen LogP contribution >= 0.6 is 0 Å². The highest BCUT2D eigenvalue weighted by atomic mass is 32.2. The van der Waals surface area contributed by atoms with Gasteiger partial charge >= 0.3 is 5.97 Å². The third-order valence-corrected chi connectivity index (χ3v) is 5.91. The van der Waals surface area contributed by atoms with Crippen molar-refractivity contribution >= 4 is 21.9 Å². The number of amides is 1. The quantitative estimate of drug-likeness (QED) is 0.728. The Bertz CT molecular complexity index is 669. The van der Waals surface area contributed by atoms with E-state index in [2.05, 4.69) is 5.32 Å². The predicted molar refractivity (Wildman–Crippen MR) is 88.8 cm³/mol. The van der Waals surface area contributed by atoms with Crippen molar-refractivity contribution in [2.24, 2.45) is 0 Å². The third-order valence-electron chi connectivity index (χ3n) is 3.95. The zero-order chi connectivity index (χ0) is 17.6. The summed E-state index contributed by atoms with van der Waals surface area (Å²) in [7, 11) is -3.32. The molecule has 1 amide bonds. The maximum atomic E-state index is 12.1. The van der Waals surface area contributed by atoms with Gasteiger partial charge in [-0.15, -0.1) is 0 Å². The first-order valence-electron chi connectivity index (χ1n) is 7.95. The number of nitrogens with one attached hydrogen (secondary N) is 1. The molecule has 0 aromatic heterocycles. The van der Waals surface area contributed by atoms with E-state index in [0.717, 1.165) is 12.8 Å². The van der Waals surface area contributed by atoms with Crippen LogP contribution in [0.25, 0.3) is 0 Å². The van der Waals surface area contributed by atoms with Crippen LogP contribution in [0.4, 0.5) is 0 Å². The molecule has 7 nitrogen and oxygen atoms in total. The average molecular weight is 354 g/mol. The second-order valence-electron chi connectivity index (χ2n) is 5.78. The summed E-state index contributed by atoms with van der Waals surface area (Å²) in [6, 6.07) is 7.26. The topological polar surface area (TPSA) is 104 Å². The molecule has 1 aliphatic rings. The van der Waals surface area contributed by atoms with E-state index in [1.54, 1.807) is 30.3 Å². The summed E-state index contributed by atoms with van der Waals surface area (Å²) in [6.07, 6.45) is 1.89. The molecule has 1 saturated heterocycles. The Morgan fingerprint density at radius 3 is 2.38 bits per heavy atom. The largest absolute Gasteiger partial charge is 0.479 e. The van der Waals surface area contributed by atoms with Crippen molar-refractivity contribution in [3.05, 3.63) is 35.9 Å². The van der Waals surface area contributed by atoms with Crippen molar-refractivity contribution < 1.29 is 23.1 Å². The monoisotopic (exact) mass is 354 g/mol. The van der Waals surface area contributed by atoms with Crippen LogP contribution < -0.4 is 5.32 Å². The summed E-state index contributed by atoms with van der Waals surface area (Å²) in [4.78, 5) is 23.3. The van der Waals surface area contributed by atoms with Gasteiger partial charge in [0.05, 0.1) is 5.75 Å². The lowest BCUT2D eigenvalue weighted by atomic mass is 10.1. The Balaban J connectivity index is 1.84. The number of carbonyl (C=O) groups excluding carboxylic acids is 1. The molecular weight excluding hydrogens is 332 g/mol. The first-order valence-corrected chi connectivity index (χ1v) is 9.56. The van der Waals surface area contributed by atoms with E-state index in [-0.39, 0.29) is 18.6 Å². The highest BCUT2D eigenvalue weighted by molar-refractivity contribution is 7.89. The van der Waals surface area contributed by atoms with Crippen molar-refractivity contribution in [2.45, 2.75) is 31.7 Å². The SMILES string of the molecule is O=C(CCCS(=O)(=O)N1CCCC1)N[C@@H](C(=O)O)c1ccccc1. The Labute approximate surface area is 141 Å². The van der Waals surface area contributed by atoms with Gasteiger partial charge in [-0.05, 0) is 24.8 Å². The molecule has 132 valence electrons. The minimum absolute atomic E-state index is 0.0241. The Hall–Kier alpha value is -1.93. The van der Waals surface area contributed by atoms with Crippen LogP contribution in [-0.4, -0.2) is 48.5 Å². The molecule has 0 aliphatic carbocycles. The Kier molecular flexibility index (Phi) is 6.33. The second kappa shape index (κ2) is 8.25. The van der Waals surface area contributed by atoms with E-state index < -0.39 is 27.9 Å². The first kappa shape index (κ1) is 18.4. The van der Waals surface area contributed by atoms with Gasteiger partial charge in [0.25, 0.3) is 0 Å². The fourth-order valence-corrected chi connectivity index (χ4v) is 4.26. The molecule has 1 aromatic rings. The maximum absolute atomic E-state index is 12.1. The lowest BCUT2D eigenvalue weighted by molar-refractivity contribution is -0.142. The number of carboxylic acids is 1. The van der Waals surface area contributed by atoms with Crippen molar-refractivity contribution in [1.29, 1.82) is 0 Å². The number of carbonyl (C=O) groups is 2. The Morgan fingerprint density at radius 1 is 1.17 bits per heavy atom. The molecule has 1 atom stereocenters. The van der Waals surface area contributed by atoms with Gasteiger partial charge in [-0.3, -0.25) is 4.79 Å². The normalized spacial score (nSPS) is 16.7. The van der Waals surface area contributed by atoms with Gasteiger partial charge in [-0.25, -0.2) is 17.5 Å². The zero-order valence-corrected chi connectivity index (χ0v) is 14.2. The number of hydrogen-bond donors (Lipinski definition) is 2. The molecule has 0 saturated carbocycles. The molecular formula is C16H22N2O5S. The standard InChI is InChI=1S/C16H22N2O5S/c19-14(9-6-12-24(22,23)18-10-4-5-11-18)17-15(16(20)21)13-7-2-1-3-8-13/h1-3,7-8,15H,4-6,9-12H2,(H,17,19)(H,20,21)/t15-/m1/s1. The molecule has 24 heavy (non-hydrogen) atoms. The van der Waals surface area contributed by atoms with Gasteiger partial charge < -0.3 is 10.4 Å². The second-order valence-corrected chi connectivity index (χ2v) is 7.86. The number of nitrogens with zero attached hydrogens (tertiary/aromatic N) is 1.